The van der Waals surface area contributed by atoms with E-state index in [1.54, 1.807) is 11.8 Å². The summed E-state index contributed by atoms with van der Waals surface area (Å²) in [4.78, 5) is 14.9. The Hall–Kier alpha value is -1.92. The molecule has 25 heavy (non-hydrogen) atoms. The second-order valence-electron chi connectivity index (χ2n) is 7.37. The smallest absolute Gasteiger partial charge is 0.275 e. The van der Waals surface area contributed by atoms with Gasteiger partial charge in [0, 0.05) is 32.6 Å². The van der Waals surface area contributed by atoms with Crippen LogP contribution < -0.4 is 0 Å². The molecule has 0 saturated carbocycles. The van der Waals surface area contributed by atoms with Crippen LogP contribution in [0, 0.1) is 5.41 Å². The number of hydrogen-bond donors (Lipinski definition) is 0. The molecule has 1 aromatic carbocycles. The third kappa shape index (κ3) is 2.93. The highest BCUT2D eigenvalue weighted by Crippen LogP contribution is 2.42. The Balaban J connectivity index is 1.46. The molecule has 6 heteroatoms. The van der Waals surface area contributed by atoms with Gasteiger partial charge in [0.2, 0.25) is 0 Å². The lowest BCUT2D eigenvalue weighted by molar-refractivity contribution is 0.0280. The molecule has 0 N–H and O–H groups in total. The number of aryl methyl sites for hydroxylation is 1. The van der Waals surface area contributed by atoms with Crippen molar-refractivity contribution < 1.29 is 14.3 Å². The molecule has 6 nitrogen and oxygen atoms in total. The van der Waals surface area contributed by atoms with Crippen LogP contribution >= 0.6 is 0 Å². The number of amides is 1. The number of benzene rings is 1. The lowest BCUT2D eigenvalue weighted by Crippen LogP contribution is -2.43. The van der Waals surface area contributed by atoms with E-state index in [1.165, 1.54) is 0 Å². The van der Waals surface area contributed by atoms with Crippen LogP contribution in [0.15, 0.2) is 24.3 Å². The number of nitrogens with zero attached hydrogens (tertiary/aromatic N) is 3. The van der Waals surface area contributed by atoms with E-state index in [9.17, 15) is 4.79 Å². The van der Waals surface area contributed by atoms with Crippen molar-refractivity contribution in [2.24, 2.45) is 12.5 Å². The third-order valence-corrected chi connectivity index (χ3v) is 5.71. The van der Waals surface area contributed by atoms with Crippen LogP contribution in [0.2, 0.25) is 0 Å². The van der Waals surface area contributed by atoms with Gasteiger partial charge >= 0.3 is 0 Å². The zero-order valence-corrected chi connectivity index (χ0v) is 14.9. The first-order valence-corrected chi connectivity index (χ1v) is 8.93. The Kier molecular flexibility index (Phi) is 4.25. The summed E-state index contributed by atoms with van der Waals surface area (Å²) in [5, 5.41) is 5.40. The van der Waals surface area contributed by atoms with Crippen molar-refractivity contribution in [3.63, 3.8) is 0 Å². The minimum absolute atomic E-state index is 0.0407. The monoisotopic (exact) mass is 343 g/mol. The van der Waals surface area contributed by atoms with Crippen molar-refractivity contribution in [2.75, 3.05) is 33.4 Å². The highest BCUT2D eigenvalue weighted by molar-refractivity contribution is 6.04. The molecule has 2 saturated heterocycles. The second kappa shape index (κ2) is 6.42. The summed E-state index contributed by atoms with van der Waals surface area (Å²) in [5.41, 5.74) is 1.77. The Bertz CT molecular complexity index is 777. The number of piperidine rings is 1. The minimum atomic E-state index is 0.0407. The van der Waals surface area contributed by atoms with Gasteiger partial charge in [0.15, 0.2) is 5.69 Å². The van der Waals surface area contributed by atoms with Gasteiger partial charge in [-0.05, 0) is 30.7 Å². The zero-order chi connectivity index (χ0) is 17.4. The average Bonchev–Trinajstić information content (AvgIpc) is 3.18. The molecule has 134 valence electrons. The highest BCUT2D eigenvalue weighted by atomic mass is 16.5. The van der Waals surface area contributed by atoms with Gasteiger partial charge in [-0.15, -0.1) is 0 Å². The van der Waals surface area contributed by atoms with Crippen molar-refractivity contribution in [1.29, 1.82) is 0 Å². The number of carbonyl (C=O) groups excluding carboxylic acids is 1. The van der Waals surface area contributed by atoms with Gasteiger partial charge in [0.05, 0.1) is 24.8 Å². The maximum atomic E-state index is 13.0. The lowest BCUT2D eigenvalue weighted by Gasteiger charge is -2.38. The summed E-state index contributed by atoms with van der Waals surface area (Å²) >= 11 is 0. The molecule has 2 fully saturated rings. The van der Waals surface area contributed by atoms with E-state index < -0.39 is 0 Å². The van der Waals surface area contributed by atoms with Gasteiger partial charge in [-0.3, -0.25) is 9.48 Å². The Morgan fingerprint density at radius 2 is 2.12 bits per heavy atom. The first-order valence-electron chi connectivity index (χ1n) is 8.93. The highest BCUT2D eigenvalue weighted by Gasteiger charge is 2.43. The number of fused-ring (bicyclic) bond motifs is 1. The molecular weight excluding hydrogens is 318 g/mol. The van der Waals surface area contributed by atoms with Crippen molar-refractivity contribution in [2.45, 2.75) is 25.4 Å². The molecule has 4 rings (SSSR count). The first-order chi connectivity index (χ1) is 12.1. The summed E-state index contributed by atoms with van der Waals surface area (Å²) in [6, 6.07) is 7.90. The zero-order valence-electron chi connectivity index (χ0n) is 14.9. The predicted molar refractivity (Wildman–Crippen MR) is 94.5 cm³/mol. The number of aromatic nitrogens is 2. The number of methoxy groups -OCH3 is 1. The van der Waals surface area contributed by atoms with Gasteiger partial charge in [0.1, 0.15) is 0 Å². The summed E-state index contributed by atoms with van der Waals surface area (Å²) in [6.07, 6.45) is 3.22. The molecule has 2 aliphatic rings. The van der Waals surface area contributed by atoms with E-state index in [1.807, 2.05) is 36.2 Å². The normalized spacial score (nSPS) is 22.8. The van der Waals surface area contributed by atoms with Crippen molar-refractivity contribution >= 4 is 16.8 Å². The average molecular weight is 343 g/mol. The fraction of sp³-hybridized carbons (Fsp3) is 0.579. The van der Waals surface area contributed by atoms with Gasteiger partial charge in [-0.2, -0.15) is 5.10 Å². The van der Waals surface area contributed by atoms with E-state index in [2.05, 4.69) is 5.10 Å². The number of rotatable bonds is 3. The van der Waals surface area contributed by atoms with Crippen molar-refractivity contribution in [3.05, 3.63) is 30.0 Å². The van der Waals surface area contributed by atoms with Crippen LogP contribution in [0.5, 0.6) is 0 Å². The fourth-order valence-corrected chi connectivity index (χ4v) is 4.24. The van der Waals surface area contributed by atoms with Gasteiger partial charge < -0.3 is 14.4 Å². The van der Waals surface area contributed by atoms with E-state index in [-0.39, 0.29) is 17.4 Å². The fourth-order valence-electron chi connectivity index (χ4n) is 4.24. The number of para-hydroxylation sites is 1. The van der Waals surface area contributed by atoms with Crippen LogP contribution in [0.4, 0.5) is 0 Å². The largest absolute Gasteiger partial charge is 0.382 e. The quantitative estimate of drug-likeness (QED) is 0.858. The van der Waals surface area contributed by atoms with Gasteiger partial charge in [-0.25, -0.2) is 0 Å². The molecule has 0 bridgehead atoms. The number of hydrogen-bond acceptors (Lipinski definition) is 4. The first kappa shape index (κ1) is 16.5. The third-order valence-electron chi connectivity index (χ3n) is 5.71. The molecule has 1 aromatic heterocycles. The van der Waals surface area contributed by atoms with E-state index in [0.29, 0.717) is 12.3 Å². The topological polar surface area (TPSA) is 56.6 Å². The molecular formula is C19H25N3O3. The summed E-state index contributed by atoms with van der Waals surface area (Å²) in [7, 11) is 3.60. The van der Waals surface area contributed by atoms with E-state index in [4.69, 9.17) is 9.47 Å². The summed E-state index contributed by atoms with van der Waals surface area (Å²) < 4.78 is 12.9. The van der Waals surface area contributed by atoms with E-state index >= 15 is 0 Å². The van der Waals surface area contributed by atoms with Crippen LogP contribution in [0.25, 0.3) is 10.9 Å². The number of carbonyl (C=O) groups is 1. The Labute approximate surface area is 147 Å². The SMILES string of the molecule is COCC1CC2(CCN(C(=O)c3nn(C)c4ccccc34)CC2)CO1. The Morgan fingerprint density at radius 1 is 1.36 bits per heavy atom. The molecule has 1 amide bonds. The van der Waals surface area contributed by atoms with Gasteiger partial charge in [-0.1, -0.05) is 18.2 Å². The van der Waals surface area contributed by atoms with Crippen LogP contribution in [-0.2, 0) is 16.5 Å². The summed E-state index contributed by atoms with van der Waals surface area (Å²) in [5.74, 6) is 0.0407. The van der Waals surface area contributed by atoms with Crippen molar-refractivity contribution in [1.82, 2.24) is 14.7 Å². The molecule has 0 radical (unpaired) electrons. The summed E-state index contributed by atoms with van der Waals surface area (Å²) in [6.45, 7) is 2.99. The molecule has 2 aromatic rings. The van der Waals surface area contributed by atoms with E-state index in [0.717, 1.165) is 49.9 Å². The van der Waals surface area contributed by atoms with Crippen LogP contribution in [0.3, 0.4) is 0 Å². The second-order valence-corrected chi connectivity index (χ2v) is 7.37. The molecule has 2 aliphatic heterocycles. The molecule has 3 heterocycles. The van der Waals surface area contributed by atoms with Gasteiger partial charge in [0.25, 0.3) is 5.91 Å². The Morgan fingerprint density at radius 3 is 2.88 bits per heavy atom. The maximum Gasteiger partial charge on any atom is 0.275 e. The van der Waals surface area contributed by atoms with Crippen LogP contribution in [0.1, 0.15) is 29.8 Å². The molecule has 0 aliphatic carbocycles. The standard InChI is InChI=1S/C19H25N3O3/c1-21-16-6-4-3-5-15(16)17(20-21)18(23)22-9-7-19(8-10-22)11-14(12-24-2)25-13-19/h3-6,14H,7-13H2,1-2H3. The number of ether oxygens (including phenoxy) is 2. The number of likely N-dealkylation sites (tertiary alicyclic amines) is 1. The van der Waals surface area contributed by atoms with Crippen LogP contribution in [-0.4, -0.2) is 60.1 Å². The molecule has 1 unspecified atom stereocenters. The maximum absolute atomic E-state index is 13.0. The van der Waals surface area contributed by atoms with Crippen molar-refractivity contribution in [3.8, 4) is 0 Å². The minimum Gasteiger partial charge on any atom is -0.382 e. The molecule has 1 atom stereocenters. The molecule has 1 spiro atoms. The predicted octanol–water partition coefficient (Wildman–Crippen LogP) is 2.23. The lowest BCUT2D eigenvalue weighted by atomic mass is 9.76.